The standard InChI is InChI=1S/C22H23N5O2/c1-15-10-17(8-9-23-15)21(28)27-13-22(14-27)11-18(26(2)12-22)20-25-24-19(29-20)16-6-4-3-5-7-16/h3-10,18H,11-14H2,1-2H3. The third-order valence-corrected chi connectivity index (χ3v) is 5.97. The Bertz CT molecular complexity index is 1040. The van der Waals surface area contributed by atoms with E-state index in [2.05, 4.69) is 27.1 Å². The Hall–Kier alpha value is -3.06. The number of pyridine rings is 1. The number of aromatic nitrogens is 3. The van der Waals surface area contributed by atoms with Crippen LogP contribution in [0.15, 0.2) is 53.1 Å². The molecule has 5 rings (SSSR count). The van der Waals surface area contributed by atoms with Crippen molar-refractivity contribution in [1.29, 1.82) is 0 Å². The fourth-order valence-electron chi connectivity index (χ4n) is 4.61. The molecule has 2 aliphatic heterocycles. The molecule has 0 saturated carbocycles. The Morgan fingerprint density at radius 2 is 1.93 bits per heavy atom. The molecule has 0 radical (unpaired) electrons. The average molecular weight is 389 g/mol. The summed E-state index contributed by atoms with van der Waals surface area (Å²) in [4.78, 5) is 21.1. The minimum atomic E-state index is 0.0800. The zero-order chi connectivity index (χ0) is 20.0. The molecule has 4 heterocycles. The van der Waals surface area contributed by atoms with Crippen LogP contribution in [0.5, 0.6) is 0 Å². The number of carbonyl (C=O) groups excluding carboxylic acids is 1. The summed E-state index contributed by atoms with van der Waals surface area (Å²) >= 11 is 0. The fraction of sp³-hybridized carbons (Fsp3) is 0.364. The number of carbonyl (C=O) groups is 1. The molecular weight excluding hydrogens is 366 g/mol. The van der Waals surface area contributed by atoms with Gasteiger partial charge in [0.05, 0.1) is 6.04 Å². The van der Waals surface area contributed by atoms with E-state index in [0.717, 1.165) is 37.3 Å². The lowest BCUT2D eigenvalue weighted by Gasteiger charge is -2.48. The van der Waals surface area contributed by atoms with E-state index < -0.39 is 0 Å². The predicted molar refractivity (Wildman–Crippen MR) is 107 cm³/mol. The second kappa shape index (κ2) is 6.77. The van der Waals surface area contributed by atoms with Crippen LogP contribution in [0.4, 0.5) is 0 Å². The van der Waals surface area contributed by atoms with Crippen LogP contribution in [-0.4, -0.2) is 57.6 Å². The highest BCUT2D eigenvalue weighted by Gasteiger charge is 2.53. The minimum absolute atomic E-state index is 0.0800. The van der Waals surface area contributed by atoms with Crippen LogP contribution in [0.2, 0.25) is 0 Å². The molecule has 1 amide bonds. The van der Waals surface area contributed by atoms with Crippen molar-refractivity contribution in [3.8, 4) is 11.5 Å². The molecule has 7 heteroatoms. The van der Waals surface area contributed by atoms with Gasteiger partial charge in [0.25, 0.3) is 5.91 Å². The van der Waals surface area contributed by atoms with Crippen molar-refractivity contribution >= 4 is 5.91 Å². The molecule has 2 aliphatic rings. The molecule has 148 valence electrons. The highest BCUT2D eigenvalue weighted by molar-refractivity contribution is 5.94. The molecule has 3 aromatic rings. The zero-order valence-electron chi connectivity index (χ0n) is 16.6. The van der Waals surface area contributed by atoms with Crippen molar-refractivity contribution in [3.05, 3.63) is 65.8 Å². The monoisotopic (exact) mass is 389 g/mol. The van der Waals surface area contributed by atoms with Gasteiger partial charge in [0.1, 0.15) is 0 Å². The summed E-state index contributed by atoms with van der Waals surface area (Å²) in [7, 11) is 2.09. The van der Waals surface area contributed by atoms with Crippen molar-refractivity contribution in [3.63, 3.8) is 0 Å². The van der Waals surface area contributed by atoms with Crippen LogP contribution >= 0.6 is 0 Å². The van der Waals surface area contributed by atoms with E-state index in [4.69, 9.17) is 4.42 Å². The first kappa shape index (κ1) is 18.0. The van der Waals surface area contributed by atoms with E-state index in [1.807, 2.05) is 48.2 Å². The summed E-state index contributed by atoms with van der Waals surface area (Å²) in [6.07, 6.45) is 2.61. The Morgan fingerprint density at radius 1 is 1.14 bits per heavy atom. The van der Waals surface area contributed by atoms with Crippen molar-refractivity contribution in [1.82, 2.24) is 25.0 Å². The van der Waals surface area contributed by atoms with Gasteiger partial charge in [-0.25, -0.2) is 0 Å². The van der Waals surface area contributed by atoms with Crippen LogP contribution in [0.25, 0.3) is 11.5 Å². The van der Waals surface area contributed by atoms with Crippen LogP contribution in [0, 0.1) is 12.3 Å². The number of benzene rings is 1. The molecule has 0 bridgehead atoms. The summed E-state index contributed by atoms with van der Waals surface area (Å²) < 4.78 is 5.99. The SMILES string of the molecule is Cc1cc(C(=O)N2CC3(CC(c4nnc(-c5ccccc5)o4)N(C)C3)C2)ccn1. The van der Waals surface area contributed by atoms with Crippen LogP contribution < -0.4 is 0 Å². The first-order valence-electron chi connectivity index (χ1n) is 9.84. The first-order chi connectivity index (χ1) is 14.0. The van der Waals surface area contributed by atoms with Gasteiger partial charge in [0.15, 0.2) is 0 Å². The number of rotatable bonds is 3. The van der Waals surface area contributed by atoms with E-state index in [0.29, 0.717) is 17.3 Å². The molecule has 29 heavy (non-hydrogen) atoms. The number of hydrogen-bond acceptors (Lipinski definition) is 6. The molecular formula is C22H23N5O2. The molecule has 1 spiro atoms. The van der Waals surface area contributed by atoms with Gasteiger partial charge < -0.3 is 9.32 Å². The van der Waals surface area contributed by atoms with E-state index in [-0.39, 0.29) is 17.4 Å². The summed E-state index contributed by atoms with van der Waals surface area (Å²) in [5.74, 6) is 1.28. The first-order valence-corrected chi connectivity index (χ1v) is 9.84. The Kier molecular flexibility index (Phi) is 4.20. The fourth-order valence-corrected chi connectivity index (χ4v) is 4.61. The predicted octanol–water partition coefficient (Wildman–Crippen LogP) is 2.96. The molecule has 0 N–H and O–H groups in total. The van der Waals surface area contributed by atoms with Gasteiger partial charge >= 0.3 is 0 Å². The minimum Gasteiger partial charge on any atom is -0.419 e. The molecule has 1 aromatic carbocycles. The van der Waals surface area contributed by atoms with E-state index in [1.165, 1.54) is 0 Å². The second-order valence-electron chi connectivity index (χ2n) is 8.29. The number of likely N-dealkylation sites (tertiary alicyclic amines) is 2. The van der Waals surface area contributed by atoms with Gasteiger partial charge in [-0.15, -0.1) is 10.2 Å². The van der Waals surface area contributed by atoms with Crippen molar-refractivity contribution in [2.24, 2.45) is 5.41 Å². The molecule has 2 aromatic heterocycles. The smallest absolute Gasteiger partial charge is 0.254 e. The van der Waals surface area contributed by atoms with Crippen LogP contribution in [0.3, 0.4) is 0 Å². The largest absolute Gasteiger partial charge is 0.419 e. The van der Waals surface area contributed by atoms with Gasteiger partial charge in [-0.2, -0.15) is 0 Å². The summed E-state index contributed by atoms with van der Waals surface area (Å²) in [5.41, 5.74) is 2.59. The maximum Gasteiger partial charge on any atom is 0.254 e. The highest BCUT2D eigenvalue weighted by Crippen LogP contribution is 2.47. The third-order valence-electron chi connectivity index (χ3n) is 5.97. The molecule has 1 atom stereocenters. The van der Waals surface area contributed by atoms with Crippen LogP contribution in [-0.2, 0) is 0 Å². The van der Waals surface area contributed by atoms with E-state index in [9.17, 15) is 4.79 Å². The number of aryl methyl sites for hydroxylation is 1. The van der Waals surface area contributed by atoms with Gasteiger partial charge in [0.2, 0.25) is 11.8 Å². The number of amides is 1. The summed E-state index contributed by atoms with van der Waals surface area (Å²) in [5, 5.41) is 8.55. The van der Waals surface area contributed by atoms with Crippen molar-refractivity contribution in [2.75, 3.05) is 26.7 Å². The normalized spacial score (nSPS) is 20.8. The van der Waals surface area contributed by atoms with Crippen LogP contribution in [0.1, 0.15) is 34.4 Å². The summed E-state index contributed by atoms with van der Waals surface area (Å²) in [6, 6.07) is 13.5. The molecule has 7 nitrogen and oxygen atoms in total. The number of nitrogens with zero attached hydrogens (tertiary/aromatic N) is 5. The maximum absolute atomic E-state index is 12.8. The van der Waals surface area contributed by atoms with Gasteiger partial charge in [-0.1, -0.05) is 18.2 Å². The Labute approximate surface area is 169 Å². The van der Waals surface area contributed by atoms with Crippen molar-refractivity contribution in [2.45, 2.75) is 19.4 Å². The molecule has 2 fully saturated rings. The molecule has 0 aliphatic carbocycles. The average Bonchev–Trinajstić information content (AvgIpc) is 3.32. The topological polar surface area (TPSA) is 75.4 Å². The van der Waals surface area contributed by atoms with Gasteiger partial charge in [-0.05, 0) is 44.7 Å². The van der Waals surface area contributed by atoms with Crippen molar-refractivity contribution < 1.29 is 9.21 Å². The Balaban J connectivity index is 1.28. The lowest BCUT2D eigenvalue weighted by Crippen LogP contribution is -2.59. The molecule has 2 saturated heterocycles. The molecule has 1 unspecified atom stereocenters. The lowest BCUT2D eigenvalue weighted by molar-refractivity contribution is 0.0115. The maximum atomic E-state index is 12.8. The lowest BCUT2D eigenvalue weighted by atomic mass is 9.77. The van der Waals surface area contributed by atoms with E-state index in [1.54, 1.807) is 12.3 Å². The van der Waals surface area contributed by atoms with Gasteiger partial charge in [-0.3, -0.25) is 14.7 Å². The number of hydrogen-bond donors (Lipinski definition) is 0. The van der Waals surface area contributed by atoms with E-state index >= 15 is 0 Å². The summed E-state index contributed by atoms with van der Waals surface area (Å²) in [6.45, 7) is 4.33. The zero-order valence-corrected chi connectivity index (χ0v) is 16.6. The third kappa shape index (κ3) is 3.21. The van der Waals surface area contributed by atoms with Gasteiger partial charge in [0, 0.05) is 48.1 Å². The second-order valence-corrected chi connectivity index (χ2v) is 8.29. The quantitative estimate of drug-likeness (QED) is 0.686. The highest BCUT2D eigenvalue weighted by atomic mass is 16.4. The Morgan fingerprint density at radius 3 is 2.69 bits per heavy atom.